The van der Waals surface area contributed by atoms with Crippen LogP contribution >= 0.6 is 12.6 Å². The number of ether oxygens (including phenoxy) is 1. The largest absolute Gasteiger partial charge is 0.508 e. The van der Waals surface area contributed by atoms with Crippen LogP contribution < -0.4 is 10.6 Å². The van der Waals surface area contributed by atoms with E-state index in [-0.39, 0.29) is 24.6 Å². The normalized spacial score (nSPS) is 14.6. The molecule has 0 saturated heterocycles. The first-order chi connectivity index (χ1) is 18.9. The van der Waals surface area contributed by atoms with Gasteiger partial charge in [-0.1, -0.05) is 31.4 Å². The monoisotopic (exact) mass is 552 g/mol. The molecule has 3 N–H and O–H groups in total. The first kappa shape index (κ1) is 28.5. The van der Waals surface area contributed by atoms with Crippen LogP contribution in [0.4, 0.5) is 0 Å². The van der Waals surface area contributed by atoms with Crippen LogP contribution in [0.3, 0.4) is 0 Å². The highest BCUT2D eigenvalue weighted by Crippen LogP contribution is 2.30. The van der Waals surface area contributed by atoms with Gasteiger partial charge in [0.05, 0.1) is 24.2 Å². The molecule has 1 fully saturated rings. The van der Waals surface area contributed by atoms with Crippen LogP contribution in [-0.4, -0.2) is 51.8 Å². The van der Waals surface area contributed by atoms with Gasteiger partial charge in [-0.05, 0) is 66.8 Å². The van der Waals surface area contributed by atoms with Gasteiger partial charge in [0.15, 0.2) is 0 Å². The lowest BCUT2D eigenvalue weighted by Crippen LogP contribution is -2.32. The summed E-state index contributed by atoms with van der Waals surface area (Å²) in [5.41, 5.74) is 2.86. The van der Waals surface area contributed by atoms with Crippen molar-refractivity contribution >= 4 is 41.4 Å². The minimum atomic E-state index is -0.530. The number of hydrogen-bond acceptors (Lipinski definition) is 7. The van der Waals surface area contributed by atoms with Gasteiger partial charge in [-0.25, -0.2) is 4.98 Å². The summed E-state index contributed by atoms with van der Waals surface area (Å²) in [6.07, 6.45) is 6.70. The zero-order valence-electron chi connectivity index (χ0n) is 22.2. The number of rotatable bonds is 11. The number of benzene rings is 2. The average molecular weight is 553 g/mol. The van der Waals surface area contributed by atoms with Crippen LogP contribution in [0.2, 0.25) is 0 Å². The number of aromatic hydroxyl groups is 1. The van der Waals surface area contributed by atoms with Crippen molar-refractivity contribution in [1.29, 1.82) is 0 Å². The lowest BCUT2D eigenvalue weighted by atomic mass is 9.89. The van der Waals surface area contributed by atoms with Gasteiger partial charge >= 0.3 is 5.97 Å². The van der Waals surface area contributed by atoms with Gasteiger partial charge in [-0.3, -0.25) is 14.4 Å². The van der Waals surface area contributed by atoms with Crippen LogP contribution in [0.1, 0.15) is 66.3 Å². The number of amides is 2. The van der Waals surface area contributed by atoms with E-state index >= 15 is 0 Å². The summed E-state index contributed by atoms with van der Waals surface area (Å²) in [7, 11) is 1.27. The minimum absolute atomic E-state index is 0.118. The molecule has 1 aromatic heterocycles. The molecule has 0 aliphatic heterocycles. The fourth-order valence-electron chi connectivity index (χ4n) is 5.14. The summed E-state index contributed by atoms with van der Waals surface area (Å²) in [6.45, 7) is 0.550. The smallest absolute Gasteiger partial charge is 0.325 e. The molecular formula is C29H36N4O5S. The SMILES string of the molecule is COC(=O)CNC(=O)c1ccc2c(c1)nc(C(Cc1ccc(O)cc1)NC(=O)CCS)n2CC1CCCCC1. The average Bonchev–Trinajstić information content (AvgIpc) is 3.30. The number of hydrogen-bond donors (Lipinski definition) is 4. The van der Waals surface area contributed by atoms with E-state index in [2.05, 4.69) is 32.6 Å². The predicted molar refractivity (Wildman–Crippen MR) is 152 cm³/mol. The zero-order valence-corrected chi connectivity index (χ0v) is 23.1. The van der Waals surface area contributed by atoms with Crippen LogP contribution in [-0.2, 0) is 27.3 Å². The van der Waals surface area contributed by atoms with Crippen molar-refractivity contribution in [2.75, 3.05) is 19.4 Å². The number of fused-ring (bicyclic) bond motifs is 1. The summed E-state index contributed by atoms with van der Waals surface area (Å²) in [6, 6.07) is 11.8. The molecule has 39 heavy (non-hydrogen) atoms. The highest BCUT2D eigenvalue weighted by atomic mass is 32.1. The molecule has 4 rings (SSSR count). The van der Waals surface area contributed by atoms with E-state index < -0.39 is 17.9 Å². The number of phenols is 1. The van der Waals surface area contributed by atoms with E-state index in [1.165, 1.54) is 26.4 Å². The summed E-state index contributed by atoms with van der Waals surface area (Å²) in [4.78, 5) is 41.9. The van der Waals surface area contributed by atoms with E-state index in [1.54, 1.807) is 24.3 Å². The van der Waals surface area contributed by atoms with E-state index in [0.29, 0.717) is 29.2 Å². The number of thiol groups is 1. The summed E-state index contributed by atoms with van der Waals surface area (Å²) >= 11 is 4.22. The van der Waals surface area contributed by atoms with Crippen molar-refractivity contribution in [3.05, 3.63) is 59.4 Å². The van der Waals surface area contributed by atoms with Gasteiger partial charge in [0.2, 0.25) is 5.91 Å². The second-order valence-corrected chi connectivity index (χ2v) is 10.5. The molecule has 208 valence electrons. The number of nitrogens with one attached hydrogen (secondary N) is 2. The van der Waals surface area contributed by atoms with E-state index in [4.69, 9.17) is 4.98 Å². The van der Waals surface area contributed by atoms with Crippen molar-refractivity contribution in [2.45, 2.75) is 57.5 Å². The van der Waals surface area contributed by atoms with Crippen molar-refractivity contribution in [3.63, 3.8) is 0 Å². The first-order valence-electron chi connectivity index (χ1n) is 13.4. The molecule has 3 aromatic rings. The fraction of sp³-hybridized carbons (Fsp3) is 0.448. The Bertz CT molecular complexity index is 1300. The van der Waals surface area contributed by atoms with Gasteiger partial charge in [0.25, 0.3) is 5.91 Å². The molecule has 2 aromatic carbocycles. The Morgan fingerprint density at radius 3 is 2.56 bits per heavy atom. The summed E-state index contributed by atoms with van der Waals surface area (Å²) in [5.74, 6) is 0.791. The number of carbonyl (C=O) groups is 3. The second kappa shape index (κ2) is 13.5. The van der Waals surface area contributed by atoms with E-state index in [1.807, 2.05) is 18.2 Å². The van der Waals surface area contributed by atoms with Crippen molar-refractivity contribution in [3.8, 4) is 5.75 Å². The number of esters is 1. The molecule has 1 unspecified atom stereocenters. The van der Waals surface area contributed by atoms with E-state index in [0.717, 1.165) is 36.3 Å². The molecule has 0 radical (unpaired) electrons. The molecule has 2 amide bonds. The third-order valence-electron chi connectivity index (χ3n) is 7.19. The second-order valence-electron chi connectivity index (χ2n) is 10.0. The zero-order chi connectivity index (χ0) is 27.8. The molecule has 1 heterocycles. The van der Waals surface area contributed by atoms with Crippen LogP contribution in [0.25, 0.3) is 11.0 Å². The molecule has 10 heteroatoms. The number of methoxy groups -OCH3 is 1. The maximum Gasteiger partial charge on any atom is 0.325 e. The number of nitrogens with zero attached hydrogens (tertiary/aromatic N) is 2. The Hall–Kier alpha value is -3.53. The highest BCUT2D eigenvalue weighted by Gasteiger charge is 2.25. The molecular weight excluding hydrogens is 516 g/mol. The summed E-state index contributed by atoms with van der Waals surface area (Å²) in [5, 5.41) is 15.5. The van der Waals surface area contributed by atoms with Crippen LogP contribution in [0.5, 0.6) is 5.75 Å². The molecule has 0 bridgehead atoms. The molecule has 1 atom stereocenters. The van der Waals surface area contributed by atoms with Crippen molar-refractivity contribution < 1.29 is 24.2 Å². The minimum Gasteiger partial charge on any atom is -0.508 e. The van der Waals surface area contributed by atoms with Crippen LogP contribution in [0, 0.1) is 5.92 Å². The quantitative estimate of drug-likeness (QED) is 0.211. The maximum atomic E-state index is 12.8. The van der Waals surface area contributed by atoms with Gasteiger partial charge in [-0.2, -0.15) is 12.6 Å². The Kier molecular flexibility index (Phi) is 9.86. The lowest BCUT2D eigenvalue weighted by molar-refractivity contribution is -0.139. The summed E-state index contributed by atoms with van der Waals surface area (Å²) < 4.78 is 6.79. The molecule has 9 nitrogen and oxygen atoms in total. The van der Waals surface area contributed by atoms with Gasteiger partial charge in [0.1, 0.15) is 18.1 Å². The topological polar surface area (TPSA) is 123 Å². The molecule has 1 saturated carbocycles. The van der Waals surface area contributed by atoms with Gasteiger partial charge in [-0.15, -0.1) is 0 Å². The lowest BCUT2D eigenvalue weighted by Gasteiger charge is -2.25. The predicted octanol–water partition coefficient (Wildman–Crippen LogP) is 3.94. The third-order valence-corrected chi connectivity index (χ3v) is 7.41. The Morgan fingerprint density at radius 2 is 1.87 bits per heavy atom. The van der Waals surface area contributed by atoms with E-state index in [9.17, 15) is 19.5 Å². The molecule has 1 aliphatic rings. The molecule has 0 spiro atoms. The van der Waals surface area contributed by atoms with Gasteiger partial charge < -0.3 is 25.0 Å². The van der Waals surface area contributed by atoms with Gasteiger partial charge in [0, 0.05) is 18.5 Å². The Labute approximate surface area is 233 Å². The Balaban J connectivity index is 1.73. The third kappa shape index (κ3) is 7.53. The van der Waals surface area contributed by atoms with Crippen molar-refractivity contribution in [1.82, 2.24) is 20.2 Å². The number of aromatic nitrogens is 2. The standard InChI is InChI=1S/C29H36N4O5S/c1-38-27(36)17-30-29(37)21-9-12-25-23(16-21)32-28(33(25)18-20-5-3-2-4-6-20)24(31-26(35)13-14-39)15-19-7-10-22(34)11-8-19/h7-12,16,20,24,34,39H,2-6,13-15,17-18H2,1H3,(H,30,37)(H,31,35). The fourth-order valence-corrected chi connectivity index (χ4v) is 5.35. The first-order valence-corrected chi connectivity index (χ1v) is 14.0. The van der Waals surface area contributed by atoms with Crippen LogP contribution in [0.15, 0.2) is 42.5 Å². The number of phenolic OH excluding ortho intramolecular Hbond substituents is 1. The maximum absolute atomic E-state index is 12.8. The Morgan fingerprint density at radius 1 is 1.13 bits per heavy atom. The molecule has 1 aliphatic carbocycles. The highest BCUT2D eigenvalue weighted by molar-refractivity contribution is 7.80. The number of imidazole rings is 1. The number of carbonyl (C=O) groups excluding carboxylic acids is 3. The van der Waals surface area contributed by atoms with Crippen molar-refractivity contribution in [2.24, 2.45) is 5.92 Å².